The van der Waals surface area contributed by atoms with Crippen LogP contribution in [0.4, 0.5) is 10.6 Å². The van der Waals surface area contributed by atoms with Crippen LogP contribution in [0.5, 0.6) is 0 Å². The largest absolute Gasteiger partial charge is 0.465 e. The fraction of sp³-hybridized carbons (Fsp3) is 0.375. The number of fused-ring (bicyclic) bond motifs is 1. The van der Waals surface area contributed by atoms with E-state index in [0.717, 1.165) is 21.4 Å². The summed E-state index contributed by atoms with van der Waals surface area (Å²) in [6.07, 6.45) is 0.313. The average Bonchev–Trinajstić information content (AvgIpc) is 2.60. The van der Waals surface area contributed by atoms with Gasteiger partial charge in [0, 0.05) is 32.0 Å². The molecule has 9 nitrogen and oxygen atoms in total. The molecule has 2 aromatic rings. The first-order chi connectivity index (χ1) is 12.0. The molecule has 0 saturated carbocycles. The number of carbonyl (C=O) groups excluding carboxylic acids is 1. The molecular formula is C16H19N5O4. The van der Waals surface area contributed by atoms with Gasteiger partial charge in [0.1, 0.15) is 24.9 Å². The maximum atomic E-state index is 12.3. The van der Waals surface area contributed by atoms with E-state index in [9.17, 15) is 9.59 Å². The SMILES string of the molecule is CO[C@@H](Cc1ccc2c(N)ncnc2c1)N1CCN(C(=O)O)CC1=O. The van der Waals surface area contributed by atoms with Crippen LogP contribution < -0.4 is 5.73 Å². The number of amides is 2. The molecule has 1 saturated heterocycles. The van der Waals surface area contributed by atoms with Crippen molar-refractivity contribution in [2.75, 3.05) is 32.5 Å². The normalized spacial score (nSPS) is 16.3. The van der Waals surface area contributed by atoms with E-state index in [-0.39, 0.29) is 19.0 Å². The molecule has 0 bridgehead atoms. The Morgan fingerprint density at radius 3 is 2.88 bits per heavy atom. The summed E-state index contributed by atoms with van der Waals surface area (Å²) in [6.45, 7) is 0.408. The molecule has 0 spiro atoms. The van der Waals surface area contributed by atoms with Crippen LogP contribution in [0.25, 0.3) is 10.9 Å². The number of ether oxygens (including phenoxy) is 1. The molecule has 2 heterocycles. The van der Waals surface area contributed by atoms with Gasteiger partial charge in [0.05, 0.1) is 5.52 Å². The van der Waals surface area contributed by atoms with Gasteiger partial charge in [-0.05, 0) is 17.7 Å². The van der Waals surface area contributed by atoms with Gasteiger partial charge in [-0.1, -0.05) is 6.07 Å². The van der Waals surface area contributed by atoms with E-state index >= 15 is 0 Å². The zero-order valence-corrected chi connectivity index (χ0v) is 13.8. The molecule has 0 radical (unpaired) electrons. The van der Waals surface area contributed by atoms with Crippen molar-refractivity contribution in [2.24, 2.45) is 0 Å². The van der Waals surface area contributed by atoms with Gasteiger partial charge in [0.25, 0.3) is 0 Å². The minimum Gasteiger partial charge on any atom is -0.465 e. The first-order valence-electron chi connectivity index (χ1n) is 7.79. The number of benzene rings is 1. The molecule has 1 aliphatic heterocycles. The number of hydrogen-bond acceptors (Lipinski definition) is 6. The summed E-state index contributed by atoms with van der Waals surface area (Å²) < 4.78 is 5.48. The van der Waals surface area contributed by atoms with Crippen molar-refractivity contribution >= 4 is 28.7 Å². The zero-order valence-electron chi connectivity index (χ0n) is 13.8. The first-order valence-corrected chi connectivity index (χ1v) is 7.79. The van der Waals surface area contributed by atoms with Gasteiger partial charge in [-0.25, -0.2) is 14.8 Å². The second-order valence-electron chi connectivity index (χ2n) is 5.80. The standard InChI is InChI=1S/C16H19N5O4/c1-25-14(21-5-4-20(16(23)24)8-13(21)22)7-10-2-3-11-12(6-10)18-9-19-15(11)17/h2-3,6,9,14H,4-5,7-8H2,1H3,(H,23,24)(H2,17,18,19)/t14-/m0/s1. The number of aromatic nitrogens is 2. The predicted molar refractivity (Wildman–Crippen MR) is 89.8 cm³/mol. The summed E-state index contributed by atoms with van der Waals surface area (Å²) in [6, 6.07) is 5.63. The summed E-state index contributed by atoms with van der Waals surface area (Å²) in [4.78, 5) is 34.1. The maximum Gasteiger partial charge on any atom is 0.407 e. The number of piperazine rings is 1. The van der Waals surface area contributed by atoms with Crippen molar-refractivity contribution in [3.8, 4) is 0 Å². The number of nitrogen functional groups attached to an aromatic ring is 1. The second kappa shape index (κ2) is 6.89. The fourth-order valence-corrected chi connectivity index (χ4v) is 2.93. The first kappa shape index (κ1) is 16.9. The molecule has 25 heavy (non-hydrogen) atoms. The van der Waals surface area contributed by atoms with Gasteiger partial charge in [-0.3, -0.25) is 9.69 Å². The number of nitrogens with zero attached hydrogens (tertiary/aromatic N) is 4. The van der Waals surface area contributed by atoms with Crippen molar-refractivity contribution in [1.29, 1.82) is 0 Å². The Kier molecular flexibility index (Phi) is 4.66. The highest BCUT2D eigenvalue weighted by atomic mass is 16.5. The monoisotopic (exact) mass is 345 g/mol. The highest BCUT2D eigenvalue weighted by molar-refractivity contribution is 5.88. The fourth-order valence-electron chi connectivity index (χ4n) is 2.93. The summed E-state index contributed by atoms with van der Waals surface area (Å²) in [7, 11) is 1.53. The highest BCUT2D eigenvalue weighted by Gasteiger charge is 2.31. The van der Waals surface area contributed by atoms with E-state index in [1.165, 1.54) is 13.4 Å². The quantitative estimate of drug-likeness (QED) is 0.829. The van der Waals surface area contributed by atoms with Gasteiger partial charge >= 0.3 is 6.09 Å². The van der Waals surface area contributed by atoms with E-state index in [1.54, 1.807) is 4.90 Å². The van der Waals surface area contributed by atoms with E-state index in [4.69, 9.17) is 15.6 Å². The summed E-state index contributed by atoms with van der Waals surface area (Å²) in [5.74, 6) is 0.146. The van der Waals surface area contributed by atoms with E-state index in [2.05, 4.69) is 9.97 Å². The lowest BCUT2D eigenvalue weighted by Crippen LogP contribution is -2.56. The number of nitrogens with two attached hydrogens (primary N) is 1. The molecule has 1 atom stereocenters. The molecule has 0 unspecified atom stereocenters. The van der Waals surface area contributed by atoms with Crippen LogP contribution in [0.3, 0.4) is 0 Å². The topological polar surface area (TPSA) is 122 Å². The zero-order chi connectivity index (χ0) is 18.0. The lowest BCUT2D eigenvalue weighted by molar-refractivity contribution is -0.149. The number of carboxylic acid groups (broad SMARTS) is 1. The Hall–Kier alpha value is -2.94. The molecule has 3 rings (SSSR count). The Bertz CT molecular complexity index is 812. The van der Waals surface area contributed by atoms with Crippen molar-refractivity contribution in [3.63, 3.8) is 0 Å². The number of carbonyl (C=O) groups is 2. The Morgan fingerprint density at radius 1 is 1.40 bits per heavy atom. The number of methoxy groups -OCH3 is 1. The number of hydrogen-bond donors (Lipinski definition) is 2. The van der Waals surface area contributed by atoms with Crippen LogP contribution in [0.2, 0.25) is 0 Å². The summed E-state index contributed by atoms with van der Waals surface area (Å²) in [5.41, 5.74) is 7.48. The van der Waals surface area contributed by atoms with Crippen LogP contribution in [0.15, 0.2) is 24.5 Å². The predicted octanol–water partition coefficient (Wildman–Crippen LogP) is 0.549. The molecule has 1 aromatic carbocycles. The number of anilines is 1. The van der Waals surface area contributed by atoms with Gasteiger partial charge in [-0.15, -0.1) is 0 Å². The van der Waals surface area contributed by atoms with Crippen molar-refractivity contribution in [3.05, 3.63) is 30.1 Å². The Balaban J connectivity index is 1.76. The highest BCUT2D eigenvalue weighted by Crippen LogP contribution is 2.20. The van der Waals surface area contributed by atoms with Crippen LogP contribution in [0.1, 0.15) is 5.56 Å². The molecule has 1 fully saturated rings. The molecule has 1 aliphatic rings. The minimum absolute atomic E-state index is 0.156. The van der Waals surface area contributed by atoms with Gasteiger partial charge in [-0.2, -0.15) is 0 Å². The molecule has 9 heteroatoms. The maximum absolute atomic E-state index is 12.3. The van der Waals surface area contributed by atoms with E-state index < -0.39 is 12.3 Å². The Labute approximate surface area is 144 Å². The van der Waals surface area contributed by atoms with Crippen LogP contribution in [0, 0.1) is 0 Å². The van der Waals surface area contributed by atoms with E-state index in [0.29, 0.717) is 18.8 Å². The minimum atomic E-state index is -1.09. The van der Waals surface area contributed by atoms with Crippen molar-refractivity contribution < 1.29 is 19.4 Å². The summed E-state index contributed by atoms with van der Waals surface area (Å²) in [5, 5.41) is 9.77. The van der Waals surface area contributed by atoms with Crippen molar-refractivity contribution in [2.45, 2.75) is 12.6 Å². The second-order valence-corrected chi connectivity index (χ2v) is 5.80. The van der Waals surface area contributed by atoms with Crippen LogP contribution >= 0.6 is 0 Å². The van der Waals surface area contributed by atoms with Gasteiger partial charge in [0.2, 0.25) is 5.91 Å². The lowest BCUT2D eigenvalue weighted by Gasteiger charge is -2.37. The van der Waals surface area contributed by atoms with Crippen LogP contribution in [-0.4, -0.2) is 69.8 Å². The molecular weight excluding hydrogens is 326 g/mol. The summed E-state index contributed by atoms with van der Waals surface area (Å²) >= 11 is 0. The third kappa shape index (κ3) is 3.45. The van der Waals surface area contributed by atoms with E-state index in [1.807, 2.05) is 18.2 Å². The smallest absolute Gasteiger partial charge is 0.407 e. The van der Waals surface area contributed by atoms with Crippen molar-refractivity contribution in [1.82, 2.24) is 19.8 Å². The lowest BCUT2D eigenvalue weighted by atomic mass is 10.1. The van der Waals surface area contributed by atoms with Gasteiger partial charge in [0.15, 0.2) is 0 Å². The average molecular weight is 345 g/mol. The molecule has 0 aliphatic carbocycles. The van der Waals surface area contributed by atoms with Crippen LogP contribution in [-0.2, 0) is 16.0 Å². The molecule has 2 amide bonds. The van der Waals surface area contributed by atoms with Gasteiger partial charge < -0.3 is 20.5 Å². The Morgan fingerprint density at radius 2 is 2.20 bits per heavy atom. The molecule has 3 N–H and O–H groups in total. The molecule has 132 valence electrons. The third-order valence-corrected chi connectivity index (χ3v) is 4.29. The third-order valence-electron chi connectivity index (χ3n) is 4.29. The number of rotatable bonds is 4. The molecule has 1 aromatic heterocycles.